The van der Waals surface area contributed by atoms with Crippen molar-refractivity contribution in [3.8, 4) is 17.2 Å². The Kier molecular flexibility index (Phi) is 4.35. The molecule has 3 aliphatic heterocycles. The summed E-state index contributed by atoms with van der Waals surface area (Å²) in [5, 5.41) is 0. The third-order valence-electron chi connectivity index (χ3n) is 6.33. The quantitative estimate of drug-likeness (QED) is 0.802. The van der Waals surface area contributed by atoms with Crippen molar-refractivity contribution in [1.29, 1.82) is 0 Å². The lowest BCUT2D eigenvalue weighted by atomic mass is 9.78. The molecule has 0 N–H and O–H groups in total. The first kappa shape index (κ1) is 17.7. The highest BCUT2D eigenvalue weighted by atomic mass is 16.7. The van der Waals surface area contributed by atoms with Crippen molar-refractivity contribution in [3.05, 3.63) is 47.5 Å². The fourth-order valence-corrected chi connectivity index (χ4v) is 4.84. The summed E-state index contributed by atoms with van der Waals surface area (Å²) in [4.78, 5) is 4.63. The maximum atomic E-state index is 6.55. The number of rotatable bonds is 3. The normalized spacial score (nSPS) is 26.0. The summed E-state index contributed by atoms with van der Waals surface area (Å²) in [6.45, 7) is 4.83. The monoisotopic (exact) mass is 380 g/mol. The molecule has 0 saturated carbocycles. The van der Waals surface area contributed by atoms with Crippen molar-refractivity contribution in [2.45, 2.75) is 31.9 Å². The Morgan fingerprint density at radius 3 is 2.29 bits per heavy atom. The highest BCUT2D eigenvalue weighted by molar-refractivity contribution is 5.57. The molecule has 0 unspecified atom stereocenters. The molecule has 0 amide bonds. The fraction of sp³-hybridized carbons (Fsp3) is 0.478. The minimum Gasteiger partial charge on any atom is -0.474 e. The minimum absolute atomic E-state index is 0.0916. The standard InChI is InChI=1S/C23H28N2O3/c1-15-22(16-6-8-17(9-7-16)24(2)3)18-12-20-21(27-14-26-20)13-19(18)28-23(15)25-10-4-5-11-25/h6-9,12-13,15,22-23H,4-5,10-11,14H2,1-3H3/t15-,22-,23-/m0/s1. The number of hydrogen-bond donors (Lipinski definition) is 0. The molecule has 0 spiro atoms. The van der Waals surface area contributed by atoms with Crippen LogP contribution in [-0.2, 0) is 0 Å². The van der Waals surface area contributed by atoms with Gasteiger partial charge in [0.15, 0.2) is 17.7 Å². The van der Waals surface area contributed by atoms with Crippen LogP contribution in [0.2, 0.25) is 0 Å². The van der Waals surface area contributed by atoms with E-state index in [0.717, 1.165) is 30.3 Å². The Morgan fingerprint density at radius 1 is 0.929 bits per heavy atom. The van der Waals surface area contributed by atoms with E-state index in [4.69, 9.17) is 14.2 Å². The molecule has 0 aliphatic carbocycles. The zero-order valence-corrected chi connectivity index (χ0v) is 16.9. The number of hydrogen-bond acceptors (Lipinski definition) is 5. The number of fused-ring (bicyclic) bond motifs is 2. The topological polar surface area (TPSA) is 34.2 Å². The van der Waals surface area contributed by atoms with Crippen molar-refractivity contribution in [3.63, 3.8) is 0 Å². The van der Waals surface area contributed by atoms with Crippen LogP contribution in [0, 0.1) is 5.92 Å². The van der Waals surface area contributed by atoms with Crippen molar-refractivity contribution >= 4 is 5.69 Å². The van der Waals surface area contributed by atoms with Crippen LogP contribution in [0.4, 0.5) is 5.69 Å². The molecule has 0 radical (unpaired) electrons. The summed E-state index contributed by atoms with van der Waals surface area (Å²) in [5.74, 6) is 3.15. The van der Waals surface area contributed by atoms with E-state index in [1.165, 1.54) is 29.7 Å². The van der Waals surface area contributed by atoms with Crippen molar-refractivity contribution in [2.75, 3.05) is 38.9 Å². The molecule has 5 heteroatoms. The van der Waals surface area contributed by atoms with Gasteiger partial charge in [0.1, 0.15) is 5.75 Å². The van der Waals surface area contributed by atoms with Gasteiger partial charge in [-0.15, -0.1) is 0 Å². The highest BCUT2D eigenvalue weighted by Gasteiger charge is 2.41. The molecule has 2 aromatic rings. The zero-order valence-electron chi connectivity index (χ0n) is 16.9. The SMILES string of the molecule is C[C@H]1[C@@H](c2ccc(N(C)C)cc2)c2cc3c(cc2O[C@@H]1N1CCCC1)OCO3. The van der Waals surface area contributed by atoms with Gasteiger partial charge in [0.05, 0.1) is 0 Å². The van der Waals surface area contributed by atoms with Gasteiger partial charge >= 0.3 is 0 Å². The van der Waals surface area contributed by atoms with Crippen LogP contribution in [0.1, 0.15) is 36.8 Å². The minimum atomic E-state index is 0.0916. The lowest BCUT2D eigenvalue weighted by Crippen LogP contribution is -2.46. The molecule has 3 heterocycles. The first-order chi connectivity index (χ1) is 13.6. The van der Waals surface area contributed by atoms with E-state index in [1.54, 1.807) is 0 Å². The third kappa shape index (κ3) is 2.89. The van der Waals surface area contributed by atoms with E-state index in [2.05, 4.69) is 61.2 Å². The number of nitrogens with zero attached hydrogens (tertiary/aromatic N) is 2. The molecule has 2 aromatic carbocycles. The van der Waals surface area contributed by atoms with Gasteiger partial charge in [-0.2, -0.15) is 0 Å². The van der Waals surface area contributed by atoms with Crippen LogP contribution >= 0.6 is 0 Å². The van der Waals surface area contributed by atoms with Gasteiger partial charge < -0.3 is 19.1 Å². The van der Waals surface area contributed by atoms with Crippen molar-refractivity contribution in [1.82, 2.24) is 4.90 Å². The number of ether oxygens (including phenoxy) is 3. The first-order valence-corrected chi connectivity index (χ1v) is 10.2. The predicted octanol–water partition coefficient (Wildman–Crippen LogP) is 4.06. The van der Waals surface area contributed by atoms with E-state index < -0.39 is 0 Å². The van der Waals surface area contributed by atoms with Crippen molar-refractivity contribution in [2.24, 2.45) is 5.92 Å². The van der Waals surface area contributed by atoms with Gasteiger partial charge in [-0.25, -0.2) is 0 Å². The second-order valence-electron chi connectivity index (χ2n) is 8.32. The Labute approximate surface area is 166 Å². The van der Waals surface area contributed by atoms with E-state index in [-0.39, 0.29) is 18.9 Å². The first-order valence-electron chi connectivity index (χ1n) is 10.2. The molecular formula is C23H28N2O3. The van der Waals surface area contributed by atoms with Crippen LogP contribution in [0.5, 0.6) is 17.2 Å². The summed E-state index contributed by atoms with van der Waals surface area (Å²) in [5.41, 5.74) is 3.74. The van der Waals surface area contributed by atoms with Crippen molar-refractivity contribution < 1.29 is 14.2 Å². The molecule has 3 atom stereocenters. The lowest BCUT2D eigenvalue weighted by molar-refractivity contribution is -0.0177. The largest absolute Gasteiger partial charge is 0.474 e. The Hall–Kier alpha value is -2.40. The zero-order chi connectivity index (χ0) is 19.3. The van der Waals surface area contributed by atoms with Crippen LogP contribution in [0.3, 0.4) is 0 Å². The average Bonchev–Trinajstić information content (AvgIpc) is 3.38. The van der Waals surface area contributed by atoms with E-state index in [0.29, 0.717) is 5.92 Å². The van der Waals surface area contributed by atoms with E-state index >= 15 is 0 Å². The second-order valence-corrected chi connectivity index (χ2v) is 8.32. The van der Waals surface area contributed by atoms with Gasteiger partial charge in [0.2, 0.25) is 6.79 Å². The summed E-state index contributed by atoms with van der Waals surface area (Å²) >= 11 is 0. The molecule has 0 aromatic heterocycles. The van der Waals surface area contributed by atoms with Gasteiger partial charge in [0.25, 0.3) is 0 Å². The van der Waals surface area contributed by atoms with Crippen LogP contribution in [0.25, 0.3) is 0 Å². The summed E-state index contributed by atoms with van der Waals surface area (Å²) in [6, 6.07) is 13.1. The third-order valence-corrected chi connectivity index (χ3v) is 6.33. The maximum Gasteiger partial charge on any atom is 0.231 e. The molecule has 1 saturated heterocycles. The Bertz CT molecular complexity index is 859. The smallest absolute Gasteiger partial charge is 0.231 e. The van der Waals surface area contributed by atoms with E-state index in [1.807, 2.05) is 6.07 Å². The Morgan fingerprint density at radius 2 is 1.61 bits per heavy atom. The highest BCUT2D eigenvalue weighted by Crippen LogP contribution is 2.50. The molecule has 3 aliphatic rings. The predicted molar refractivity (Wildman–Crippen MR) is 110 cm³/mol. The average molecular weight is 380 g/mol. The lowest BCUT2D eigenvalue weighted by Gasteiger charge is -2.42. The number of benzene rings is 2. The molecule has 1 fully saturated rings. The van der Waals surface area contributed by atoms with Gasteiger partial charge in [-0.05, 0) is 36.6 Å². The fourth-order valence-electron chi connectivity index (χ4n) is 4.84. The van der Waals surface area contributed by atoms with Gasteiger partial charge in [-0.3, -0.25) is 4.90 Å². The van der Waals surface area contributed by atoms with E-state index in [9.17, 15) is 0 Å². The van der Waals surface area contributed by atoms with Crippen LogP contribution < -0.4 is 19.1 Å². The molecular weight excluding hydrogens is 352 g/mol. The molecule has 5 rings (SSSR count). The molecule has 0 bridgehead atoms. The number of likely N-dealkylation sites (tertiary alicyclic amines) is 1. The number of anilines is 1. The van der Waals surface area contributed by atoms with Gasteiger partial charge in [-0.1, -0.05) is 19.1 Å². The van der Waals surface area contributed by atoms with Crippen LogP contribution in [-0.4, -0.2) is 45.1 Å². The molecule has 28 heavy (non-hydrogen) atoms. The second kappa shape index (κ2) is 6.89. The van der Waals surface area contributed by atoms with Crippen LogP contribution in [0.15, 0.2) is 36.4 Å². The summed E-state index contributed by atoms with van der Waals surface area (Å²) < 4.78 is 17.8. The molecule has 5 nitrogen and oxygen atoms in total. The summed E-state index contributed by atoms with van der Waals surface area (Å²) in [7, 11) is 4.15. The summed E-state index contributed by atoms with van der Waals surface area (Å²) in [6.07, 6.45) is 2.60. The Balaban J connectivity index is 1.58. The maximum absolute atomic E-state index is 6.55. The van der Waals surface area contributed by atoms with Gasteiger partial charge in [0, 0.05) is 56.3 Å². The molecule has 148 valence electrons.